The minimum Gasteiger partial charge on any atom is -0.481 e. The SMILES string of the molecule is CCCCCCCC(=O)Nc1ccc(CCC(=O)O)cc1. The van der Waals surface area contributed by atoms with Crippen LogP contribution < -0.4 is 5.32 Å². The molecule has 0 spiro atoms. The predicted octanol–water partition coefficient (Wildman–Crippen LogP) is 4.00. The summed E-state index contributed by atoms with van der Waals surface area (Å²) < 4.78 is 0. The fourth-order valence-electron chi connectivity index (χ4n) is 2.12. The van der Waals surface area contributed by atoms with E-state index in [-0.39, 0.29) is 12.3 Å². The molecule has 0 unspecified atom stereocenters. The molecule has 4 heteroatoms. The molecular weight excluding hydrogens is 266 g/mol. The number of carboxylic acids is 1. The van der Waals surface area contributed by atoms with Crippen molar-refractivity contribution in [2.45, 2.75) is 58.3 Å². The number of carbonyl (C=O) groups is 2. The van der Waals surface area contributed by atoms with Crippen LogP contribution in [0.1, 0.15) is 57.4 Å². The Morgan fingerprint density at radius 3 is 2.29 bits per heavy atom. The Balaban J connectivity index is 2.27. The Morgan fingerprint density at radius 1 is 1.00 bits per heavy atom. The average molecular weight is 291 g/mol. The van der Waals surface area contributed by atoms with E-state index in [0.717, 1.165) is 24.1 Å². The van der Waals surface area contributed by atoms with Gasteiger partial charge in [-0.05, 0) is 30.5 Å². The van der Waals surface area contributed by atoms with E-state index in [2.05, 4.69) is 12.2 Å². The number of hydrogen-bond donors (Lipinski definition) is 2. The monoisotopic (exact) mass is 291 g/mol. The van der Waals surface area contributed by atoms with Crippen LogP contribution in [0.25, 0.3) is 0 Å². The molecule has 0 saturated heterocycles. The van der Waals surface area contributed by atoms with E-state index in [9.17, 15) is 9.59 Å². The summed E-state index contributed by atoms with van der Waals surface area (Å²) >= 11 is 0. The molecule has 0 aromatic heterocycles. The summed E-state index contributed by atoms with van der Waals surface area (Å²) in [5.41, 5.74) is 1.74. The first-order chi connectivity index (χ1) is 10.1. The zero-order valence-corrected chi connectivity index (χ0v) is 12.7. The molecule has 2 N–H and O–H groups in total. The van der Waals surface area contributed by atoms with Gasteiger partial charge < -0.3 is 10.4 Å². The van der Waals surface area contributed by atoms with Crippen molar-refractivity contribution < 1.29 is 14.7 Å². The second-order valence-corrected chi connectivity index (χ2v) is 5.30. The molecule has 4 nitrogen and oxygen atoms in total. The molecule has 0 atom stereocenters. The highest BCUT2D eigenvalue weighted by molar-refractivity contribution is 5.90. The smallest absolute Gasteiger partial charge is 0.303 e. The zero-order valence-electron chi connectivity index (χ0n) is 12.7. The molecule has 0 radical (unpaired) electrons. The highest BCUT2D eigenvalue weighted by atomic mass is 16.4. The maximum atomic E-state index is 11.8. The number of carboxylic acid groups (broad SMARTS) is 1. The van der Waals surface area contributed by atoms with E-state index in [1.165, 1.54) is 19.3 Å². The number of unbranched alkanes of at least 4 members (excludes halogenated alkanes) is 4. The van der Waals surface area contributed by atoms with Crippen LogP contribution in [0.2, 0.25) is 0 Å². The number of hydrogen-bond acceptors (Lipinski definition) is 2. The van der Waals surface area contributed by atoms with Gasteiger partial charge in [-0.2, -0.15) is 0 Å². The topological polar surface area (TPSA) is 66.4 Å². The molecular formula is C17H25NO3. The van der Waals surface area contributed by atoms with Crippen molar-refractivity contribution in [1.82, 2.24) is 0 Å². The van der Waals surface area contributed by atoms with Gasteiger partial charge in [0.25, 0.3) is 0 Å². The lowest BCUT2D eigenvalue weighted by atomic mass is 10.1. The van der Waals surface area contributed by atoms with Crippen molar-refractivity contribution in [3.05, 3.63) is 29.8 Å². The van der Waals surface area contributed by atoms with E-state index in [1.807, 2.05) is 24.3 Å². The van der Waals surface area contributed by atoms with E-state index in [0.29, 0.717) is 12.8 Å². The number of aryl methyl sites for hydroxylation is 1. The number of aliphatic carboxylic acids is 1. The van der Waals surface area contributed by atoms with Crippen LogP contribution in [0.3, 0.4) is 0 Å². The summed E-state index contributed by atoms with van der Waals surface area (Å²) in [7, 11) is 0. The number of benzene rings is 1. The first kappa shape index (κ1) is 17.2. The van der Waals surface area contributed by atoms with Crippen LogP contribution in [0.4, 0.5) is 5.69 Å². The Morgan fingerprint density at radius 2 is 1.67 bits per heavy atom. The van der Waals surface area contributed by atoms with Gasteiger partial charge >= 0.3 is 5.97 Å². The third kappa shape index (κ3) is 8.12. The first-order valence-electron chi connectivity index (χ1n) is 7.72. The highest BCUT2D eigenvalue weighted by Crippen LogP contribution is 2.12. The van der Waals surface area contributed by atoms with Crippen molar-refractivity contribution in [2.75, 3.05) is 5.32 Å². The fraction of sp³-hybridized carbons (Fsp3) is 0.529. The van der Waals surface area contributed by atoms with Crippen LogP contribution in [-0.2, 0) is 16.0 Å². The highest BCUT2D eigenvalue weighted by Gasteiger charge is 2.03. The van der Waals surface area contributed by atoms with E-state index in [4.69, 9.17) is 5.11 Å². The van der Waals surface area contributed by atoms with E-state index < -0.39 is 5.97 Å². The Hall–Kier alpha value is -1.84. The van der Waals surface area contributed by atoms with Crippen LogP contribution in [0.5, 0.6) is 0 Å². The van der Waals surface area contributed by atoms with Crippen molar-refractivity contribution >= 4 is 17.6 Å². The number of nitrogens with one attached hydrogen (secondary N) is 1. The predicted molar refractivity (Wildman–Crippen MR) is 84.4 cm³/mol. The Bertz CT molecular complexity index is 440. The van der Waals surface area contributed by atoms with Gasteiger partial charge in [0, 0.05) is 18.5 Å². The third-order valence-electron chi connectivity index (χ3n) is 3.37. The number of amides is 1. The van der Waals surface area contributed by atoms with Crippen molar-refractivity contribution in [2.24, 2.45) is 0 Å². The molecule has 0 aliphatic rings. The second kappa shape index (κ2) is 9.97. The van der Waals surface area contributed by atoms with Crippen molar-refractivity contribution in [3.63, 3.8) is 0 Å². The lowest BCUT2D eigenvalue weighted by molar-refractivity contribution is -0.137. The van der Waals surface area contributed by atoms with Gasteiger partial charge in [-0.3, -0.25) is 9.59 Å². The molecule has 0 fully saturated rings. The molecule has 0 bridgehead atoms. The molecule has 1 amide bonds. The van der Waals surface area contributed by atoms with Crippen LogP contribution in [0, 0.1) is 0 Å². The standard InChI is InChI=1S/C17H25NO3/c1-2-3-4-5-6-7-16(19)18-15-11-8-14(9-12-15)10-13-17(20)21/h8-9,11-12H,2-7,10,13H2,1H3,(H,18,19)(H,20,21). The van der Waals surface area contributed by atoms with Gasteiger partial charge in [0.1, 0.15) is 0 Å². The van der Waals surface area contributed by atoms with Gasteiger partial charge in [-0.1, -0.05) is 44.7 Å². The van der Waals surface area contributed by atoms with Crippen LogP contribution in [-0.4, -0.2) is 17.0 Å². The summed E-state index contributed by atoms with van der Waals surface area (Å²) in [6.07, 6.45) is 6.88. The normalized spacial score (nSPS) is 10.3. The van der Waals surface area contributed by atoms with Crippen LogP contribution >= 0.6 is 0 Å². The Kier molecular flexibility index (Phi) is 8.17. The molecule has 1 aromatic carbocycles. The lowest BCUT2D eigenvalue weighted by Gasteiger charge is -2.06. The minimum absolute atomic E-state index is 0.0461. The van der Waals surface area contributed by atoms with Crippen LogP contribution in [0.15, 0.2) is 24.3 Å². The molecule has 0 aliphatic heterocycles. The summed E-state index contributed by atoms with van der Waals surface area (Å²) in [5.74, 6) is -0.750. The number of rotatable bonds is 10. The second-order valence-electron chi connectivity index (χ2n) is 5.30. The van der Waals surface area contributed by atoms with E-state index >= 15 is 0 Å². The van der Waals surface area contributed by atoms with Gasteiger partial charge in [0.15, 0.2) is 0 Å². The molecule has 21 heavy (non-hydrogen) atoms. The lowest BCUT2D eigenvalue weighted by Crippen LogP contribution is -2.11. The third-order valence-corrected chi connectivity index (χ3v) is 3.37. The minimum atomic E-state index is -0.796. The van der Waals surface area contributed by atoms with Gasteiger partial charge in [0.2, 0.25) is 5.91 Å². The van der Waals surface area contributed by atoms with Gasteiger partial charge in [-0.25, -0.2) is 0 Å². The summed E-state index contributed by atoms with van der Waals surface area (Å²) in [6, 6.07) is 7.37. The summed E-state index contributed by atoms with van der Waals surface area (Å²) in [6.45, 7) is 2.17. The average Bonchev–Trinajstić information content (AvgIpc) is 2.46. The summed E-state index contributed by atoms with van der Waals surface area (Å²) in [5, 5.41) is 11.5. The molecule has 1 aromatic rings. The van der Waals surface area contributed by atoms with E-state index in [1.54, 1.807) is 0 Å². The van der Waals surface area contributed by atoms with Crippen molar-refractivity contribution in [1.29, 1.82) is 0 Å². The Labute approximate surface area is 126 Å². The van der Waals surface area contributed by atoms with Crippen molar-refractivity contribution in [3.8, 4) is 0 Å². The molecule has 0 saturated carbocycles. The summed E-state index contributed by atoms with van der Waals surface area (Å²) in [4.78, 5) is 22.3. The number of anilines is 1. The quantitative estimate of drug-likeness (QED) is 0.640. The number of carbonyl (C=O) groups excluding carboxylic acids is 1. The fourth-order valence-corrected chi connectivity index (χ4v) is 2.12. The molecule has 1 rings (SSSR count). The maximum absolute atomic E-state index is 11.8. The maximum Gasteiger partial charge on any atom is 0.303 e. The molecule has 0 aliphatic carbocycles. The van der Waals surface area contributed by atoms with Gasteiger partial charge in [-0.15, -0.1) is 0 Å². The van der Waals surface area contributed by atoms with Gasteiger partial charge in [0.05, 0.1) is 0 Å². The molecule has 116 valence electrons. The molecule has 0 heterocycles. The largest absolute Gasteiger partial charge is 0.481 e. The zero-order chi connectivity index (χ0) is 15.5. The first-order valence-corrected chi connectivity index (χ1v) is 7.72.